The summed E-state index contributed by atoms with van der Waals surface area (Å²) in [7, 11) is 0. The number of rotatable bonds is 4. The van der Waals surface area contributed by atoms with E-state index in [1.165, 1.54) is 0 Å². The first-order valence-electron chi connectivity index (χ1n) is 7.84. The van der Waals surface area contributed by atoms with Gasteiger partial charge in [0.05, 0.1) is 10.6 Å². The van der Waals surface area contributed by atoms with Crippen molar-refractivity contribution in [1.29, 1.82) is 0 Å². The number of nitro benzene ring substituents is 1. The third-order valence-corrected chi connectivity index (χ3v) is 3.89. The van der Waals surface area contributed by atoms with Crippen LogP contribution in [0, 0.1) is 10.1 Å². The van der Waals surface area contributed by atoms with Crippen molar-refractivity contribution in [3.63, 3.8) is 0 Å². The van der Waals surface area contributed by atoms with E-state index in [2.05, 4.69) is 5.32 Å². The molecule has 28 heavy (non-hydrogen) atoms. The molecule has 1 heterocycles. The van der Waals surface area contributed by atoms with Gasteiger partial charge in [0.15, 0.2) is 6.61 Å². The summed E-state index contributed by atoms with van der Waals surface area (Å²) in [4.78, 5) is 35.1. The molecule has 0 bridgehead atoms. The first kappa shape index (κ1) is 19.1. The van der Waals surface area contributed by atoms with Crippen LogP contribution in [0.4, 0.5) is 30.2 Å². The van der Waals surface area contributed by atoms with E-state index >= 15 is 0 Å². The second-order valence-electron chi connectivity index (χ2n) is 5.77. The van der Waals surface area contributed by atoms with Gasteiger partial charge in [-0.15, -0.1) is 0 Å². The molecule has 2 amide bonds. The maximum Gasteiger partial charge on any atom is 0.423 e. The molecule has 0 atom stereocenters. The van der Waals surface area contributed by atoms with Crippen molar-refractivity contribution in [2.45, 2.75) is 6.18 Å². The molecule has 1 N–H and O–H groups in total. The molecule has 0 saturated carbocycles. The molecule has 0 aliphatic carbocycles. The molecule has 3 rings (SSSR count). The Morgan fingerprint density at radius 1 is 1.25 bits per heavy atom. The van der Waals surface area contributed by atoms with E-state index < -0.39 is 40.7 Å². The predicted octanol–water partition coefficient (Wildman–Crippen LogP) is 2.98. The van der Waals surface area contributed by atoms with Crippen LogP contribution in [0.2, 0.25) is 0 Å². The molecule has 8 nitrogen and oxygen atoms in total. The molecular formula is C17H12F3N3O5. The number of benzene rings is 2. The van der Waals surface area contributed by atoms with Crippen LogP contribution in [-0.2, 0) is 15.8 Å². The molecule has 2 aromatic rings. The number of para-hydroxylation sites is 2. The van der Waals surface area contributed by atoms with Crippen LogP contribution in [-0.4, -0.2) is 29.9 Å². The van der Waals surface area contributed by atoms with Crippen LogP contribution in [0.5, 0.6) is 5.75 Å². The third kappa shape index (κ3) is 3.87. The Bertz CT molecular complexity index is 961. The lowest BCUT2D eigenvalue weighted by molar-refractivity contribution is -0.388. The molecular weight excluding hydrogens is 383 g/mol. The molecule has 1 aliphatic rings. The molecule has 0 saturated heterocycles. The SMILES string of the molecule is O=C(CN1C(=O)COc2ccccc21)Nc1ccc([N+](=O)[O-])c(C(F)(F)F)c1. The summed E-state index contributed by atoms with van der Waals surface area (Å²) < 4.78 is 44.3. The number of alkyl halides is 3. The number of hydrogen-bond acceptors (Lipinski definition) is 5. The topological polar surface area (TPSA) is 102 Å². The Morgan fingerprint density at radius 2 is 1.96 bits per heavy atom. The number of nitrogens with zero attached hydrogens (tertiary/aromatic N) is 2. The summed E-state index contributed by atoms with van der Waals surface area (Å²) in [6, 6.07) is 8.62. The lowest BCUT2D eigenvalue weighted by Crippen LogP contribution is -2.43. The van der Waals surface area contributed by atoms with Crippen molar-refractivity contribution in [2.75, 3.05) is 23.4 Å². The Labute approximate surface area is 155 Å². The highest BCUT2D eigenvalue weighted by Gasteiger charge is 2.38. The normalized spacial score (nSPS) is 13.5. The molecule has 11 heteroatoms. The summed E-state index contributed by atoms with van der Waals surface area (Å²) in [5.74, 6) is -0.870. The van der Waals surface area contributed by atoms with E-state index in [0.29, 0.717) is 23.6 Å². The summed E-state index contributed by atoms with van der Waals surface area (Å²) in [5, 5.41) is 13.0. The number of hydrogen-bond donors (Lipinski definition) is 1. The number of anilines is 2. The van der Waals surface area contributed by atoms with Crippen LogP contribution >= 0.6 is 0 Å². The quantitative estimate of drug-likeness (QED) is 0.634. The first-order valence-corrected chi connectivity index (χ1v) is 7.84. The minimum atomic E-state index is -4.97. The molecule has 146 valence electrons. The van der Waals surface area contributed by atoms with Crippen LogP contribution in [0.1, 0.15) is 5.56 Å². The molecule has 2 aromatic carbocycles. The Morgan fingerprint density at radius 3 is 2.64 bits per heavy atom. The van der Waals surface area contributed by atoms with Gasteiger partial charge < -0.3 is 10.1 Å². The smallest absolute Gasteiger partial charge is 0.423 e. The molecule has 0 spiro atoms. The van der Waals surface area contributed by atoms with E-state index in [1.54, 1.807) is 24.3 Å². The second kappa shape index (κ2) is 7.18. The minimum absolute atomic E-state index is 0.278. The number of ether oxygens (including phenoxy) is 1. The number of nitrogens with one attached hydrogen (secondary N) is 1. The fraction of sp³-hybridized carbons (Fsp3) is 0.176. The summed E-state index contributed by atoms with van der Waals surface area (Å²) in [5.41, 5.74) is -2.53. The van der Waals surface area contributed by atoms with E-state index in [4.69, 9.17) is 4.74 Å². The van der Waals surface area contributed by atoms with Crippen LogP contribution in [0.15, 0.2) is 42.5 Å². The van der Waals surface area contributed by atoms with Gasteiger partial charge in [-0.1, -0.05) is 12.1 Å². The zero-order chi connectivity index (χ0) is 20.5. The maximum absolute atomic E-state index is 13.0. The van der Waals surface area contributed by atoms with Crippen molar-refractivity contribution in [3.05, 3.63) is 58.1 Å². The highest BCUT2D eigenvalue weighted by atomic mass is 19.4. The van der Waals surface area contributed by atoms with Gasteiger partial charge in [-0.05, 0) is 24.3 Å². The summed E-state index contributed by atoms with van der Waals surface area (Å²) in [6.45, 7) is -0.738. The molecule has 0 radical (unpaired) electrons. The lowest BCUT2D eigenvalue weighted by atomic mass is 10.1. The van der Waals surface area contributed by atoms with Gasteiger partial charge in [-0.2, -0.15) is 13.2 Å². The van der Waals surface area contributed by atoms with Crippen molar-refractivity contribution in [2.24, 2.45) is 0 Å². The highest BCUT2D eigenvalue weighted by Crippen LogP contribution is 2.37. The van der Waals surface area contributed by atoms with Crippen molar-refractivity contribution < 1.29 is 32.4 Å². The van der Waals surface area contributed by atoms with Gasteiger partial charge >= 0.3 is 6.18 Å². The van der Waals surface area contributed by atoms with Crippen LogP contribution in [0.25, 0.3) is 0 Å². The van der Waals surface area contributed by atoms with Gasteiger partial charge in [0.25, 0.3) is 11.6 Å². The average molecular weight is 395 g/mol. The molecule has 1 aliphatic heterocycles. The van der Waals surface area contributed by atoms with Crippen molar-refractivity contribution in [1.82, 2.24) is 0 Å². The number of nitro groups is 1. The van der Waals surface area contributed by atoms with Gasteiger partial charge in [-0.3, -0.25) is 24.6 Å². The summed E-state index contributed by atoms with van der Waals surface area (Å²) in [6.07, 6.45) is -4.97. The fourth-order valence-corrected chi connectivity index (χ4v) is 2.67. The first-order chi connectivity index (χ1) is 13.2. The van der Waals surface area contributed by atoms with Crippen LogP contribution in [0.3, 0.4) is 0 Å². The molecule has 0 fully saturated rings. The Balaban J connectivity index is 1.81. The van der Waals surface area contributed by atoms with Crippen molar-refractivity contribution in [3.8, 4) is 5.75 Å². The van der Waals surface area contributed by atoms with Gasteiger partial charge in [0.2, 0.25) is 5.91 Å². The predicted molar refractivity (Wildman–Crippen MR) is 91.0 cm³/mol. The number of carbonyl (C=O) groups is 2. The van der Waals surface area contributed by atoms with E-state index in [-0.39, 0.29) is 12.3 Å². The van der Waals surface area contributed by atoms with Gasteiger partial charge in [-0.25, -0.2) is 0 Å². The van der Waals surface area contributed by atoms with E-state index in [9.17, 15) is 32.9 Å². The largest absolute Gasteiger partial charge is 0.482 e. The van der Waals surface area contributed by atoms with Gasteiger partial charge in [0.1, 0.15) is 17.9 Å². The third-order valence-electron chi connectivity index (χ3n) is 3.89. The number of fused-ring (bicyclic) bond motifs is 1. The minimum Gasteiger partial charge on any atom is -0.482 e. The molecule has 0 aromatic heterocycles. The zero-order valence-electron chi connectivity index (χ0n) is 14.0. The zero-order valence-corrected chi connectivity index (χ0v) is 14.0. The lowest BCUT2D eigenvalue weighted by Gasteiger charge is -2.28. The highest BCUT2D eigenvalue weighted by molar-refractivity contribution is 6.05. The molecule has 0 unspecified atom stereocenters. The Hall–Kier alpha value is -3.63. The van der Waals surface area contributed by atoms with E-state index in [1.807, 2.05) is 0 Å². The van der Waals surface area contributed by atoms with Gasteiger partial charge in [0, 0.05) is 11.8 Å². The Kier molecular flexibility index (Phi) is 4.91. The maximum atomic E-state index is 13.0. The standard InChI is InChI=1S/C17H12F3N3O5/c18-17(19,20)11-7-10(5-6-12(11)23(26)27)21-15(24)8-22-13-3-1-2-4-14(13)28-9-16(22)25/h1-7H,8-9H2,(H,21,24). The van der Waals surface area contributed by atoms with E-state index in [0.717, 1.165) is 11.0 Å². The number of halogens is 3. The second-order valence-corrected chi connectivity index (χ2v) is 5.77. The summed E-state index contributed by atoms with van der Waals surface area (Å²) >= 11 is 0. The average Bonchev–Trinajstić information content (AvgIpc) is 2.63. The number of carbonyl (C=O) groups excluding carboxylic acids is 2. The number of amides is 2. The fourth-order valence-electron chi connectivity index (χ4n) is 2.67. The van der Waals surface area contributed by atoms with Crippen molar-refractivity contribution >= 4 is 28.9 Å². The van der Waals surface area contributed by atoms with Crippen LogP contribution < -0.4 is 15.0 Å². The monoisotopic (exact) mass is 395 g/mol.